The Bertz CT molecular complexity index is 992. The number of primary amides is 1. The lowest BCUT2D eigenvalue weighted by Gasteiger charge is -2.14. The van der Waals surface area contributed by atoms with E-state index in [4.69, 9.17) is 5.73 Å². The van der Waals surface area contributed by atoms with E-state index in [0.717, 1.165) is 15.8 Å². The first-order valence-corrected chi connectivity index (χ1v) is 8.67. The molecule has 0 aliphatic carbocycles. The van der Waals surface area contributed by atoms with Crippen LogP contribution in [0.3, 0.4) is 0 Å². The maximum Gasteiger partial charge on any atom is 0.271 e. The van der Waals surface area contributed by atoms with E-state index >= 15 is 0 Å². The summed E-state index contributed by atoms with van der Waals surface area (Å²) in [7, 11) is 0. The van der Waals surface area contributed by atoms with Crippen LogP contribution in [0.4, 0.5) is 15.8 Å². The van der Waals surface area contributed by atoms with Gasteiger partial charge in [-0.2, -0.15) is 4.39 Å². The molecule has 0 spiro atoms. The first kappa shape index (κ1) is 17.1. The van der Waals surface area contributed by atoms with Crippen LogP contribution >= 0.6 is 11.8 Å². The minimum Gasteiger partial charge on any atom is -0.364 e. The molecule has 0 aliphatic heterocycles. The Morgan fingerprint density at radius 3 is 2.60 bits per heavy atom. The van der Waals surface area contributed by atoms with Gasteiger partial charge >= 0.3 is 0 Å². The third kappa shape index (κ3) is 3.25. The average Bonchev–Trinajstić information content (AvgIpc) is 2.58. The second-order valence-corrected chi connectivity index (χ2v) is 6.46. The SMILES string of the molecule is CSc1cc(C)c2nnc(C(N)=O)c(Nc3cnc(F)c(C)c3)c2c1. The molecule has 25 heavy (non-hydrogen) atoms. The minimum absolute atomic E-state index is 0.0205. The fraction of sp³-hybridized carbons (Fsp3) is 0.176. The van der Waals surface area contributed by atoms with Gasteiger partial charge in [0, 0.05) is 15.8 Å². The normalized spacial score (nSPS) is 10.9. The lowest BCUT2D eigenvalue weighted by atomic mass is 10.1. The number of rotatable bonds is 4. The van der Waals surface area contributed by atoms with Gasteiger partial charge in [-0.1, -0.05) is 0 Å². The third-order valence-electron chi connectivity index (χ3n) is 3.78. The molecule has 128 valence electrons. The highest BCUT2D eigenvalue weighted by Crippen LogP contribution is 2.32. The number of hydrogen-bond donors (Lipinski definition) is 2. The molecule has 0 radical (unpaired) electrons. The zero-order chi connectivity index (χ0) is 18.1. The summed E-state index contributed by atoms with van der Waals surface area (Å²) >= 11 is 1.58. The first-order valence-electron chi connectivity index (χ1n) is 7.44. The van der Waals surface area contributed by atoms with Crippen molar-refractivity contribution in [2.75, 3.05) is 11.6 Å². The number of aromatic nitrogens is 3. The quantitative estimate of drug-likeness (QED) is 0.549. The Morgan fingerprint density at radius 2 is 1.96 bits per heavy atom. The summed E-state index contributed by atoms with van der Waals surface area (Å²) in [5.74, 6) is -1.24. The van der Waals surface area contributed by atoms with E-state index in [2.05, 4.69) is 20.5 Å². The van der Waals surface area contributed by atoms with Gasteiger partial charge in [0.1, 0.15) is 0 Å². The van der Waals surface area contributed by atoms with Crippen LogP contribution in [0.15, 0.2) is 29.3 Å². The number of halogens is 1. The number of carbonyl (C=O) groups is 1. The van der Waals surface area contributed by atoms with Gasteiger partial charge in [0.25, 0.3) is 5.91 Å². The number of fused-ring (bicyclic) bond motifs is 1. The second-order valence-electron chi connectivity index (χ2n) is 5.59. The number of anilines is 2. The van der Waals surface area contributed by atoms with Crippen LogP contribution in [-0.4, -0.2) is 27.3 Å². The van der Waals surface area contributed by atoms with Crippen LogP contribution in [-0.2, 0) is 0 Å². The van der Waals surface area contributed by atoms with Gasteiger partial charge in [0.15, 0.2) is 5.69 Å². The number of pyridine rings is 1. The summed E-state index contributed by atoms with van der Waals surface area (Å²) in [6.45, 7) is 3.54. The van der Waals surface area contributed by atoms with Gasteiger partial charge < -0.3 is 11.1 Å². The number of benzene rings is 1. The van der Waals surface area contributed by atoms with Crippen molar-refractivity contribution in [2.45, 2.75) is 18.7 Å². The lowest BCUT2D eigenvalue weighted by Crippen LogP contribution is -2.17. The lowest BCUT2D eigenvalue weighted by molar-refractivity contribution is 0.0995. The van der Waals surface area contributed by atoms with Crippen molar-refractivity contribution in [3.8, 4) is 0 Å². The van der Waals surface area contributed by atoms with E-state index < -0.39 is 11.9 Å². The smallest absolute Gasteiger partial charge is 0.271 e. The Labute approximate surface area is 148 Å². The molecule has 0 aliphatic rings. The first-order chi connectivity index (χ1) is 11.9. The van der Waals surface area contributed by atoms with Crippen molar-refractivity contribution >= 4 is 39.9 Å². The number of hydrogen-bond acceptors (Lipinski definition) is 6. The third-order valence-corrected chi connectivity index (χ3v) is 4.49. The van der Waals surface area contributed by atoms with Crippen LogP contribution in [0.1, 0.15) is 21.6 Å². The van der Waals surface area contributed by atoms with Gasteiger partial charge in [-0.3, -0.25) is 4.79 Å². The number of thioether (sulfide) groups is 1. The van der Waals surface area contributed by atoms with E-state index in [-0.39, 0.29) is 5.69 Å². The van der Waals surface area contributed by atoms with Crippen molar-refractivity contribution < 1.29 is 9.18 Å². The summed E-state index contributed by atoms with van der Waals surface area (Å²) in [5, 5.41) is 11.9. The van der Waals surface area contributed by atoms with E-state index in [9.17, 15) is 9.18 Å². The highest BCUT2D eigenvalue weighted by molar-refractivity contribution is 7.98. The molecule has 1 aromatic carbocycles. The summed E-state index contributed by atoms with van der Waals surface area (Å²) in [4.78, 5) is 16.5. The Hall–Kier alpha value is -2.74. The van der Waals surface area contributed by atoms with Crippen LogP contribution in [0.25, 0.3) is 10.9 Å². The molecular formula is C17H16FN5OS. The number of nitrogens with two attached hydrogens (primary N) is 1. The molecule has 0 saturated carbocycles. The number of aryl methyl sites for hydroxylation is 2. The molecule has 0 bridgehead atoms. The van der Waals surface area contributed by atoms with Crippen LogP contribution in [0.5, 0.6) is 0 Å². The molecule has 0 atom stereocenters. The van der Waals surface area contributed by atoms with Crippen molar-refractivity contribution in [3.05, 3.63) is 47.2 Å². The molecule has 8 heteroatoms. The standard InChI is InChI=1S/C17H16FN5OS/c1-8-5-11(25-3)6-12-13(8)22-23-15(17(19)24)14(12)21-10-4-9(2)16(18)20-7-10/h4-7H,1-3H3,(H2,19,24)(H,21,22). The van der Waals surface area contributed by atoms with E-state index in [1.54, 1.807) is 24.8 Å². The van der Waals surface area contributed by atoms with Gasteiger partial charge in [0.05, 0.1) is 23.1 Å². The Balaban J connectivity index is 2.25. The highest BCUT2D eigenvalue weighted by Gasteiger charge is 2.18. The van der Waals surface area contributed by atoms with Crippen LogP contribution in [0, 0.1) is 19.8 Å². The summed E-state index contributed by atoms with van der Waals surface area (Å²) < 4.78 is 13.4. The number of amides is 1. The van der Waals surface area contributed by atoms with Gasteiger partial charge in [0.2, 0.25) is 5.95 Å². The van der Waals surface area contributed by atoms with Gasteiger partial charge in [-0.05, 0) is 43.9 Å². The molecule has 6 nitrogen and oxygen atoms in total. The van der Waals surface area contributed by atoms with Crippen LogP contribution < -0.4 is 11.1 Å². The average molecular weight is 357 g/mol. The summed E-state index contributed by atoms with van der Waals surface area (Å²) in [5.41, 5.74) is 8.43. The predicted molar refractivity (Wildman–Crippen MR) is 96.8 cm³/mol. The number of nitrogens with zero attached hydrogens (tertiary/aromatic N) is 3. The van der Waals surface area contributed by atoms with E-state index in [1.807, 2.05) is 25.3 Å². The highest BCUT2D eigenvalue weighted by atomic mass is 32.2. The molecule has 3 N–H and O–H groups in total. The van der Waals surface area contributed by atoms with Crippen molar-refractivity contribution in [3.63, 3.8) is 0 Å². The molecule has 2 heterocycles. The van der Waals surface area contributed by atoms with E-state index in [1.165, 1.54) is 6.20 Å². The van der Waals surface area contributed by atoms with E-state index in [0.29, 0.717) is 22.5 Å². The molecule has 0 fully saturated rings. The zero-order valence-electron chi connectivity index (χ0n) is 13.9. The molecule has 2 aromatic heterocycles. The maximum atomic E-state index is 13.4. The monoisotopic (exact) mass is 357 g/mol. The number of nitrogens with one attached hydrogen (secondary N) is 1. The number of carbonyl (C=O) groups excluding carboxylic acids is 1. The largest absolute Gasteiger partial charge is 0.364 e. The summed E-state index contributed by atoms with van der Waals surface area (Å²) in [6, 6.07) is 5.52. The zero-order valence-corrected chi connectivity index (χ0v) is 14.7. The predicted octanol–water partition coefficient (Wildman–Crippen LogP) is 3.35. The Morgan fingerprint density at radius 1 is 1.20 bits per heavy atom. The molecule has 0 saturated heterocycles. The molecule has 1 amide bonds. The van der Waals surface area contributed by atoms with Crippen LogP contribution in [0.2, 0.25) is 0 Å². The molecule has 3 rings (SSSR count). The topological polar surface area (TPSA) is 93.8 Å². The van der Waals surface area contributed by atoms with Crippen molar-refractivity contribution in [2.24, 2.45) is 5.73 Å². The molecule has 0 unspecified atom stereocenters. The maximum absolute atomic E-state index is 13.4. The van der Waals surface area contributed by atoms with Crippen molar-refractivity contribution in [1.82, 2.24) is 15.2 Å². The molecular weight excluding hydrogens is 341 g/mol. The van der Waals surface area contributed by atoms with Crippen molar-refractivity contribution in [1.29, 1.82) is 0 Å². The van der Waals surface area contributed by atoms with Gasteiger partial charge in [-0.15, -0.1) is 22.0 Å². The fourth-order valence-corrected chi connectivity index (χ4v) is 3.07. The molecule has 3 aromatic rings. The van der Waals surface area contributed by atoms with Gasteiger partial charge in [-0.25, -0.2) is 4.98 Å². The second kappa shape index (κ2) is 6.64. The fourth-order valence-electron chi connectivity index (χ4n) is 2.53. The minimum atomic E-state index is -0.698. The summed E-state index contributed by atoms with van der Waals surface area (Å²) in [6.07, 6.45) is 3.31. The Kier molecular flexibility index (Phi) is 4.54.